The molecule has 0 atom stereocenters. The topological polar surface area (TPSA) is 0 Å². The van der Waals surface area contributed by atoms with Crippen molar-refractivity contribution in [3.8, 4) is 23.5 Å². The van der Waals surface area contributed by atoms with Crippen LogP contribution in [0.4, 0.5) is 4.39 Å². The van der Waals surface area contributed by atoms with Gasteiger partial charge in [0.05, 0.1) is 0 Å². The normalized spacial score (nSPS) is 11.2. The molecule has 0 aromatic heterocycles. The molecule has 0 amide bonds. The third-order valence-electron chi connectivity index (χ3n) is 5.00. The Hall–Kier alpha value is -3.63. The van der Waals surface area contributed by atoms with Gasteiger partial charge in [-0.05, 0) is 62.1 Å². The van der Waals surface area contributed by atoms with Gasteiger partial charge < -0.3 is 0 Å². The average molecular weight is 409 g/mol. The molecule has 0 aliphatic carbocycles. The van der Waals surface area contributed by atoms with E-state index in [0.29, 0.717) is 11.1 Å². The smallest absolute Gasteiger partial charge is 0.132 e. The Bertz CT molecular complexity index is 1120. The summed E-state index contributed by atoms with van der Waals surface area (Å²) in [6.45, 7) is 12.0. The van der Waals surface area contributed by atoms with E-state index in [1.165, 1.54) is 28.3 Å². The maximum atomic E-state index is 13.7. The minimum atomic E-state index is -0.278. The minimum absolute atomic E-state index is 0.278. The zero-order chi connectivity index (χ0) is 22.8. The van der Waals surface area contributed by atoms with Crippen molar-refractivity contribution in [1.82, 2.24) is 0 Å². The molecule has 0 aliphatic heterocycles. The molecule has 0 aliphatic rings. The number of hydrogen-bond donors (Lipinski definition) is 0. The van der Waals surface area contributed by atoms with Crippen molar-refractivity contribution in [2.24, 2.45) is 0 Å². The van der Waals surface area contributed by atoms with Crippen LogP contribution in [-0.4, -0.2) is 0 Å². The molecule has 0 spiro atoms. The Labute approximate surface area is 186 Å². The molecule has 31 heavy (non-hydrogen) atoms. The number of rotatable bonds is 4. The number of aryl methyl sites for hydroxylation is 2. The molecule has 0 nitrogen and oxygen atoms in total. The molecule has 0 heterocycles. The van der Waals surface area contributed by atoms with Gasteiger partial charge in [0, 0.05) is 11.1 Å². The fourth-order valence-corrected chi connectivity index (χ4v) is 3.03. The Morgan fingerprint density at radius 3 is 2.00 bits per heavy atom. The molecule has 3 rings (SSSR count). The van der Waals surface area contributed by atoms with Crippen molar-refractivity contribution in [2.75, 3.05) is 0 Å². The lowest BCUT2D eigenvalue weighted by Crippen LogP contribution is -1.86. The van der Waals surface area contributed by atoms with Gasteiger partial charge in [0.2, 0.25) is 0 Å². The zero-order valence-corrected chi connectivity index (χ0v) is 18.7. The molecule has 0 saturated heterocycles. The van der Waals surface area contributed by atoms with Gasteiger partial charge in [-0.2, -0.15) is 0 Å². The third-order valence-corrected chi connectivity index (χ3v) is 5.00. The van der Waals surface area contributed by atoms with Gasteiger partial charge in [0.15, 0.2) is 0 Å². The van der Waals surface area contributed by atoms with E-state index in [-0.39, 0.29) is 5.82 Å². The highest BCUT2D eigenvalue weighted by atomic mass is 19.1. The summed E-state index contributed by atoms with van der Waals surface area (Å²) < 4.78 is 13.7. The summed E-state index contributed by atoms with van der Waals surface area (Å²) in [5, 5.41) is 0. The van der Waals surface area contributed by atoms with Gasteiger partial charge in [-0.3, -0.25) is 0 Å². The lowest BCUT2D eigenvalue weighted by Gasteiger charge is -2.07. The molecule has 3 aromatic rings. The second kappa shape index (κ2) is 11.5. The summed E-state index contributed by atoms with van der Waals surface area (Å²) in [7, 11) is 0. The van der Waals surface area contributed by atoms with Crippen molar-refractivity contribution >= 4 is 5.57 Å². The van der Waals surface area contributed by atoms with E-state index in [2.05, 4.69) is 69.7 Å². The lowest BCUT2D eigenvalue weighted by atomic mass is 9.97. The van der Waals surface area contributed by atoms with Crippen LogP contribution in [-0.2, 0) is 0 Å². The highest BCUT2D eigenvalue weighted by Crippen LogP contribution is 2.24. The van der Waals surface area contributed by atoms with Crippen LogP contribution in [0.15, 0.2) is 97.1 Å². The molecular formula is C30H29F. The summed E-state index contributed by atoms with van der Waals surface area (Å²) in [5.41, 5.74) is 8.22. The first-order valence-corrected chi connectivity index (χ1v) is 10.3. The van der Waals surface area contributed by atoms with Crippen molar-refractivity contribution in [1.29, 1.82) is 0 Å². The number of terminal acetylenes is 1. The summed E-state index contributed by atoms with van der Waals surface area (Å²) >= 11 is 0. The summed E-state index contributed by atoms with van der Waals surface area (Å²) in [4.78, 5) is 0. The monoisotopic (exact) mass is 408 g/mol. The van der Waals surface area contributed by atoms with E-state index in [4.69, 9.17) is 6.42 Å². The SMILES string of the molecule is C#Cc1ccc(-c2ccc(C)cc2)c(F)c1.C=C/C=C(\C(C)=C/C)c1ccc(C)cc1. The predicted octanol–water partition coefficient (Wildman–Crippen LogP) is 8.31. The predicted molar refractivity (Wildman–Crippen MR) is 133 cm³/mol. The van der Waals surface area contributed by atoms with E-state index < -0.39 is 0 Å². The van der Waals surface area contributed by atoms with Crippen LogP contribution in [0.2, 0.25) is 0 Å². The minimum Gasteiger partial charge on any atom is -0.206 e. The average Bonchev–Trinajstić information content (AvgIpc) is 2.79. The Morgan fingerprint density at radius 2 is 1.52 bits per heavy atom. The van der Waals surface area contributed by atoms with Crippen molar-refractivity contribution in [3.63, 3.8) is 0 Å². The first kappa shape index (κ1) is 23.6. The summed E-state index contributed by atoms with van der Waals surface area (Å²) in [6.07, 6.45) is 11.2. The van der Waals surface area contributed by atoms with Crippen molar-refractivity contribution in [2.45, 2.75) is 27.7 Å². The van der Waals surface area contributed by atoms with Crippen molar-refractivity contribution in [3.05, 3.63) is 125 Å². The van der Waals surface area contributed by atoms with E-state index in [1.807, 2.05) is 37.3 Å². The summed E-state index contributed by atoms with van der Waals surface area (Å²) in [5.74, 6) is 2.14. The van der Waals surface area contributed by atoms with Gasteiger partial charge >= 0.3 is 0 Å². The molecule has 0 saturated carbocycles. The molecule has 0 fully saturated rings. The number of hydrogen-bond acceptors (Lipinski definition) is 0. The molecule has 0 bridgehead atoms. The van der Waals surface area contributed by atoms with E-state index >= 15 is 0 Å². The van der Waals surface area contributed by atoms with Crippen molar-refractivity contribution < 1.29 is 4.39 Å². The van der Waals surface area contributed by atoms with E-state index in [0.717, 1.165) is 11.1 Å². The van der Waals surface area contributed by atoms with Crippen LogP contribution in [0.25, 0.3) is 16.7 Å². The molecule has 3 aromatic carbocycles. The molecule has 0 radical (unpaired) electrons. The molecule has 1 heteroatoms. The van der Waals surface area contributed by atoms with Gasteiger partial charge in [-0.15, -0.1) is 6.42 Å². The highest BCUT2D eigenvalue weighted by molar-refractivity contribution is 5.79. The van der Waals surface area contributed by atoms with Crippen LogP contribution >= 0.6 is 0 Å². The van der Waals surface area contributed by atoms with Crippen LogP contribution in [0.3, 0.4) is 0 Å². The second-order valence-electron chi connectivity index (χ2n) is 7.36. The first-order chi connectivity index (χ1) is 14.9. The van der Waals surface area contributed by atoms with Gasteiger partial charge in [-0.25, -0.2) is 4.39 Å². The fraction of sp³-hybridized carbons (Fsp3) is 0.133. The Kier molecular flexibility index (Phi) is 8.79. The largest absolute Gasteiger partial charge is 0.206 e. The number of halogens is 1. The Morgan fingerprint density at radius 1 is 0.935 bits per heavy atom. The van der Waals surface area contributed by atoms with Gasteiger partial charge in [0.25, 0.3) is 0 Å². The van der Waals surface area contributed by atoms with Gasteiger partial charge in [0.1, 0.15) is 5.82 Å². The third kappa shape index (κ3) is 6.69. The van der Waals surface area contributed by atoms with Gasteiger partial charge in [-0.1, -0.05) is 96.5 Å². The van der Waals surface area contributed by atoms with Crippen LogP contribution < -0.4 is 0 Å². The summed E-state index contributed by atoms with van der Waals surface area (Å²) in [6, 6.07) is 21.2. The first-order valence-electron chi connectivity index (χ1n) is 10.3. The van der Waals surface area contributed by atoms with Crippen LogP contribution in [0.1, 0.15) is 36.1 Å². The number of benzene rings is 3. The Balaban J connectivity index is 0.000000221. The highest BCUT2D eigenvalue weighted by Gasteiger charge is 2.05. The second-order valence-corrected chi connectivity index (χ2v) is 7.36. The fourth-order valence-electron chi connectivity index (χ4n) is 3.03. The van der Waals surface area contributed by atoms with E-state index in [1.54, 1.807) is 12.1 Å². The van der Waals surface area contributed by atoms with E-state index in [9.17, 15) is 4.39 Å². The molecule has 156 valence electrons. The number of allylic oxidation sites excluding steroid dienone is 5. The van der Waals surface area contributed by atoms with Crippen LogP contribution in [0, 0.1) is 32.0 Å². The standard InChI is InChI=1S/C15H11F.C15H18/c1-3-12-6-9-14(15(16)10-12)13-7-4-11(2)5-8-13;1-5-7-15(13(4)6-2)14-10-8-12(3)9-11-14/h1,4-10H,2H3;5-11H,1H2,2-4H3/b;13-6-,15-7+. The maximum Gasteiger partial charge on any atom is 0.132 e. The molecular weight excluding hydrogens is 379 g/mol. The maximum absolute atomic E-state index is 13.7. The lowest BCUT2D eigenvalue weighted by molar-refractivity contribution is 0.631. The van der Waals surface area contributed by atoms with Crippen LogP contribution in [0.5, 0.6) is 0 Å². The molecule has 0 unspecified atom stereocenters. The molecule has 0 N–H and O–H groups in total. The quantitative estimate of drug-likeness (QED) is 0.301. The zero-order valence-electron chi connectivity index (χ0n) is 18.7.